The van der Waals surface area contributed by atoms with Crippen LogP contribution in [0.15, 0.2) is 0 Å². The second-order valence-corrected chi connectivity index (χ2v) is 5.79. The molecule has 1 saturated carbocycles. The van der Waals surface area contributed by atoms with Crippen LogP contribution < -0.4 is 10.6 Å². The fourth-order valence-electron chi connectivity index (χ4n) is 2.98. The molecule has 19 heavy (non-hydrogen) atoms. The van der Waals surface area contributed by atoms with Gasteiger partial charge in [-0.2, -0.15) is 0 Å². The molecule has 1 heterocycles. The van der Waals surface area contributed by atoms with Crippen LogP contribution in [0.5, 0.6) is 0 Å². The zero-order valence-corrected chi connectivity index (χ0v) is 12.0. The normalized spacial score (nSPS) is 22.1. The number of nitrogens with zero attached hydrogens (tertiary/aromatic N) is 1. The summed E-state index contributed by atoms with van der Waals surface area (Å²) < 4.78 is 0. The Morgan fingerprint density at radius 2 is 1.84 bits per heavy atom. The first-order valence-corrected chi connectivity index (χ1v) is 7.30. The second kappa shape index (κ2) is 5.90. The lowest BCUT2D eigenvalue weighted by atomic mass is 9.92. The number of carbonyl (C=O) groups excluding carboxylic acids is 2. The summed E-state index contributed by atoms with van der Waals surface area (Å²) in [6.45, 7) is 2.67. The first kappa shape index (κ1) is 14.3. The minimum atomic E-state index is -0.716. The van der Waals surface area contributed by atoms with Crippen LogP contribution in [0.1, 0.15) is 32.1 Å². The summed E-state index contributed by atoms with van der Waals surface area (Å²) >= 11 is 0. The summed E-state index contributed by atoms with van der Waals surface area (Å²) in [7, 11) is 3.58. The van der Waals surface area contributed by atoms with E-state index in [0.29, 0.717) is 18.8 Å². The minimum absolute atomic E-state index is 0.0546. The third-order valence-corrected chi connectivity index (χ3v) is 4.53. The molecule has 1 aliphatic carbocycles. The molecule has 0 spiro atoms. The van der Waals surface area contributed by atoms with Crippen molar-refractivity contribution < 1.29 is 9.59 Å². The van der Waals surface area contributed by atoms with Crippen molar-refractivity contribution in [3.63, 3.8) is 0 Å². The van der Waals surface area contributed by atoms with Gasteiger partial charge in [0.2, 0.25) is 11.8 Å². The third-order valence-electron chi connectivity index (χ3n) is 4.53. The predicted molar refractivity (Wildman–Crippen MR) is 73.6 cm³/mol. The van der Waals surface area contributed by atoms with Crippen molar-refractivity contribution >= 4 is 11.8 Å². The highest BCUT2D eigenvalue weighted by Crippen LogP contribution is 2.47. The lowest BCUT2D eigenvalue weighted by molar-refractivity contribution is -0.145. The molecule has 2 amide bonds. The van der Waals surface area contributed by atoms with Crippen LogP contribution in [0.3, 0.4) is 0 Å². The van der Waals surface area contributed by atoms with Crippen molar-refractivity contribution in [1.82, 2.24) is 15.5 Å². The maximum atomic E-state index is 12.5. The van der Waals surface area contributed by atoms with E-state index < -0.39 is 5.41 Å². The molecule has 0 aromatic carbocycles. The van der Waals surface area contributed by atoms with Gasteiger partial charge in [-0.25, -0.2) is 0 Å². The highest BCUT2D eigenvalue weighted by atomic mass is 16.2. The maximum absolute atomic E-state index is 12.5. The zero-order valence-electron chi connectivity index (χ0n) is 12.0. The van der Waals surface area contributed by atoms with Gasteiger partial charge in [0.15, 0.2) is 0 Å². The van der Waals surface area contributed by atoms with Gasteiger partial charge in [-0.15, -0.1) is 0 Å². The van der Waals surface area contributed by atoms with Crippen LogP contribution in [0.2, 0.25) is 0 Å². The van der Waals surface area contributed by atoms with Crippen molar-refractivity contribution in [3.8, 4) is 0 Å². The van der Waals surface area contributed by atoms with Gasteiger partial charge in [0.05, 0.1) is 0 Å². The molecular formula is C14H25N3O2. The van der Waals surface area contributed by atoms with E-state index in [2.05, 4.69) is 10.6 Å². The fraction of sp³-hybridized carbons (Fsp3) is 0.857. The van der Waals surface area contributed by atoms with Gasteiger partial charge in [0, 0.05) is 20.1 Å². The summed E-state index contributed by atoms with van der Waals surface area (Å²) in [5.41, 5.74) is -0.716. The predicted octanol–water partition coefficient (Wildman–Crippen LogP) is 0.361. The Morgan fingerprint density at radius 3 is 2.32 bits per heavy atom. The molecule has 0 bridgehead atoms. The molecule has 0 aromatic heterocycles. The van der Waals surface area contributed by atoms with Crippen molar-refractivity contribution in [2.75, 3.05) is 33.7 Å². The third kappa shape index (κ3) is 2.91. The van der Waals surface area contributed by atoms with Crippen LogP contribution in [0.4, 0.5) is 0 Å². The van der Waals surface area contributed by atoms with Crippen LogP contribution in [0, 0.1) is 11.3 Å². The van der Waals surface area contributed by atoms with Crippen LogP contribution in [-0.2, 0) is 9.59 Å². The molecule has 5 heteroatoms. The average molecular weight is 267 g/mol. The molecule has 1 aliphatic heterocycles. The van der Waals surface area contributed by atoms with E-state index in [-0.39, 0.29) is 11.8 Å². The number of amides is 2. The number of likely N-dealkylation sites (tertiary alicyclic amines) is 1. The van der Waals surface area contributed by atoms with E-state index in [1.807, 2.05) is 11.9 Å². The number of rotatable bonds is 5. The molecule has 0 unspecified atom stereocenters. The first-order valence-electron chi connectivity index (χ1n) is 7.30. The molecule has 5 nitrogen and oxygen atoms in total. The molecule has 0 radical (unpaired) electrons. The number of hydrogen-bond donors (Lipinski definition) is 2. The molecule has 108 valence electrons. The molecule has 2 fully saturated rings. The average Bonchev–Trinajstić information content (AvgIpc) is 3.25. The number of nitrogens with one attached hydrogen (secondary N) is 2. The van der Waals surface area contributed by atoms with E-state index >= 15 is 0 Å². The molecular weight excluding hydrogens is 242 g/mol. The summed E-state index contributed by atoms with van der Waals surface area (Å²) in [5, 5.41) is 5.80. The summed E-state index contributed by atoms with van der Waals surface area (Å²) in [5.74, 6) is 0.667. The molecule has 1 saturated heterocycles. The van der Waals surface area contributed by atoms with Gasteiger partial charge >= 0.3 is 0 Å². The van der Waals surface area contributed by atoms with E-state index in [0.717, 1.165) is 32.5 Å². The van der Waals surface area contributed by atoms with Crippen molar-refractivity contribution in [3.05, 3.63) is 0 Å². The largest absolute Gasteiger partial charge is 0.358 e. The fourth-order valence-corrected chi connectivity index (χ4v) is 2.98. The van der Waals surface area contributed by atoms with E-state index in [1.54, 1.807) is 7.05 Å². The molecule has 0 atom stereocenters. The van der Waals surface area contributed by atoms with Gasteiger partial charge in [-0.05, 0) is 51.6 Å². The Bertz CT molecular complexity index is 345. The SMILES string of the molecule is CNCCC1CCN(C(=O)C2(C(=O)NC)CC2)CC1. The lowest BCUT2D eigenvalue weighted by Crippen LogP contribution is -2.47. The zero-order chi connectivity index (χ0) is 13.9. The van der Waals surface area contributed by atoms with Crippen LogP contribution in [0.25, 0.3) is 0 Å². The first-order chi connectivity index (χ1) is 9.14. The number of piperidine rings is 1. The van der Waals surface area contributed by atoms with Crippen LogP contribution >= 0.6 is 0 Å². The van der Waals surface area contributed by atoms with E-state index in [4.69, 9.17) is 0 Å². The molecule has 2 rings (SSSR count). The van der Waals surface area contributed by atoms with Crippen molar-refractivity contribution in [2.45, 2.75) is 32.1 Å². The van der Waals surface area contributed by atoms with Gasteiger partial charge in [0.1, 0.15) is 5.41 Å². The topological polar surface area (TPSA) is 61.4 Å². The Labute approximate surface area is 115 Å². The van der Waals surface area contributed by atoms with Gasteiger partial charge < -0.3 is 15.5 Å². The Morgan fingerprint density at radius 1 is 1.21 bits per heavy atom. The van der Waals surface area contributed by atoms with Crippen molar-refractivity contribution in [2.24, 2.45) is 11.3 Å². The standard InChI is InChI=1S/C14H25N3O2/c1-15-8-3-11-4-9-17(10-5-11)13(19)14(6-7-14)12(18)16-2/h11,15H,3-10H2,1-2H3,(H,16,18). The Kier molecular flexibility index (Phi) is 4.45. The van der Waals surface area contributed by atoms with E-state index in [9.17, 15) is 9.59 Å². The van der Waals surface area contributed by atoms with E-state index in [1.165, 1.54) is 6.42 Å². The van der Waals surface area contributed by atoms with Gasteiger partial charge in [0.25, 0.3) is 0 Å². The summed E-state index contributed by atoms with van der Waals surface area (Å²) in [6, 6.07) is 0. The smallest absolute Gasteiger partial charge is 0.238 e. The second-order valence-electron chi connectivity index (χ2n) is 5.79. The monoisotopic (exact) mass is 267 g/mol. The number of hydrogen-bond acceptors (Lipinski definition) is 3. The molecule has 0 aromatic rings. The van der Waals surface area contributed by atoms with Crippen LogP contribution in [-0.4, -0.2) is 50.4 Å². The highest BCUT2D eigenvalue weighted by Gasteiger charge is 2.57. The quantitative estimate of drug-likeness (QED) is 0.707. The van der Waals surface area contributed by atoms with Gasteiger partial charge in [-0.1, -0.05) is 0 Å². The minimum Gasteiger partial charge on any atom is -0.358 e. The molecule has 2 N–H and O–H groups in total. The number of carbonyl (C=O) groups is 2. The summed E-state index contributed by atoms with van der Waals surface area (Å²) in [4.78, 5) is 26.2. The Hall–Kier alpha value is -1.10. The van der Waals surface area contributed by atoms with Crippen molar-refractivity contribution in [1.29, 1.82) is 0 Å². The summed E-state index contributed by atoms with van der Waals surface area (Å²) in [6.07, 6.45) is 4.74. The lowest BCUT2D eigenvalue weighted by Gasteiger charge is -2.34. The maximum Gasteiger partial charge on any atom is 0.238 e. The highest BCUT2D eigenvalue weighted by molar-refractivity contribution is 6.07. The molecule has 2 aliphatic rings. The Balaban J connectivity index is 1.85. The van der Waals surface area contributed by atoms with Gasteiger partial charge in [-0.3, -0.25) is 9.59 Å².